The number of non-ortho nitro benzene ring substituents is 1. The first-order valence-electron chi connectivity index (χ1n) is 4.42. The SMILES string of the molecule is CCc1ccc([N+](=O)[O-])cc1S(=O)(=O)NN. The van der Waals surface area contributed by atoms with E-state index in [1.165, 1.54) is 12.1 Å². The lowest BCUT2D eigenvalue weighted by Crippen LogP contribution is -2.31. The van der Waals surface area contributed by atoms with E-state index in [2.05, 4.69) is 0 Å². The number of hydrogen-bond donors (Lipinski definition) is 2. The summed E-state index contributed by atoms with van der Waals surface area (Å²) in [6, 6.07) is 3.66. The normalized spacial score (nSPS) is 11.4. The second-order valence-corrected chi connectivity index (χ2v) is 4.71. The van der Waals surface area contributed by atoms with Crippen LogP contribution >= 0.6 is 0 Å². The Morgan fingerprint density at radius 1 is 1.50 bits per heavy atom. The first-order valence-corrected chi connectivity index (χ1v) is 5.90. The van der Waals surface area contributed by atoms with Crippen LogP contribution in [0, 0.1) is 10.1 Å². The number of nitrogens with zero attached hydrogens (tertiary/aromatic N) is 1. The van der Waals surface area contributed by atoms with Crippen LogP contribution in [0.3, 0.4) is 0 Å². The van der Waals surface area contributed by atoms with Gasteiger partial charge < -0.3 is 0 Å². The second kappa shape index (κ2) is 4.56. The second-order valence-electron chi connectivity index (χ2n) is 3.02. The van der Waals surface area contributed by atoms with Crippen molar-refractivity contribution in [2.45, 2.75) is 18.2 Å². The minimum atomic E-state index is -3.87. The molecule has 0 spiro atoms. The number of nitro benzene ring substituents is 1. The third-order valence-corrected chi connectivity index (χ3v) is 3.36. The highest BCUT2D eigenvalue weighted by molar-refractivity contribution is 7.89. The fourth-order valence-electron chi connectivity index (χ4n) is 1.26. The van der Waals surface area contributed by atoms with E-state index in [9.17, 15) is 18.5 Å². The molecular weight excluding hydrogens is 234 g/mol. The molecule has 0 atom stereocenters. The molecule has 0 amide bonds. The lowest BCUT2D eigenvalue weighted by Gasteiger charge is -2.07. The molecule has 0 saturated heterocycles. The van der Waals surface area contributed by atoms with Crippen molar-refractivity contribution in [2.24, 2.45) is 5.84 Å². The zero-order valence-corrected chi connectivity index (χ0v) is 9.32. The van der Waals surface area contributed by atoms with Gasteiger partial charge in [0.1, 0.15) is 0 Å². The highest BCUT2D eigenvalue weighted by atomic mass is 32.2. The lowest BCUT2D eigenvalue weighted by molar-refractivity contribution is -0.385. The first-order chi connectivity index (χ1) is 7.42. The predicted molar refractivity (Wildman–Crippen MR) is 57.0 cm³/mol. The molecule has 7 nitrogen and oxygen atoms in total. The van der Waals surface area contributed by atoms with Crippen molar-refractivity contribution in [3.05, 3.63) is 33.9 Å². The maximum Gasteiger partial charge on any atom is 0.270 e. The van der Waals surface area contributed by atoms with E-state index in [-0.39, 0.29) is 10.6 Å². The van der Waals surface area contributed by atoms with Gasteiger partial charge in [-0.25, -0.2) is 8.42 Å². The van der Waals surface area contributed by atoms with Crippen LogP contribution in [-0.2, 0) is 16.4 Å². The monoisotopic (exact) mass is 245 g/mol. The van der Waals surface area contributed by atoms with Crippen LogP contribution in [0.25, 0.3) is 0 Å². The smallest absolute Gasteiger partial charge is 0.258 e. The summed E-state index contributed by atoms with van der Waals surface area (Å²) in [5.74, 6) is 4.88. The van der Waals surface area contributed by atoms with Gasteiger partial charge in [0.25, 0.3) is 15.7 Å². The summed E-state index contributed by atoms with van der Waals surface area (Å²) in [4.78, 5) is 11.4. The standard InChI is InChI=1S/C8H11N3O4S/c1-2-6-3-4-7(11(12)13)5-8(6)16(14,15)10-9/h3-5,10H,2,9H2,1H3. The minimum Gasteiger partial charge on any atom is -0.258 e. The number of hydrazine groups is 1. The summed E-state index contributed by atoms with van der Waals surface area (Å²) in [5, 5.41) is 10.5. The average Bonchev–Trinajstić information content (AvgIpc) is 2.28. The van der Waals surface area contributed by atoms with Crippen LogP contribution in [0.5, 0.6) is 0 Å². The Morgan fingerprint density at radius 3 is 2.56 bits per heavy atom. The fraction of sp³-hybridized carbons (Fsp3) is 0.250. The molecular formula is C8H11N3O4S. The van der Waals surface area contributed by atoms with Crippen molar-refractivity contribution in [3.8, 4) is 0 Å². The maximum absolute atomic E-state index is 11.5. The van der Waals surface area contributed by atoms with Crippen molar-refractivity contribution in [1.29, 1.82) is 0 Å². The first kappa shape index (κ1) is 12.6. The molecule has 88 valence electrons. The maximum atomic E-state index is 11.5. The van der Waals surface area contributed by atoms with Gasteiger partial charge in [-0.15, -0.1) is 0 Å². The lowest BCUT2D eigenvalue weighted by atomic mass is 10.1. The third-order valence-electron chi connectivity index (χ3n) is 2.09. The molecule has 0 unspecified atom stereocenters. The molecule has 0 bridgehead atoms. The van der Waals surface area contributed by atoms with E-state index in [1.54, 1.807) is 11.8 Å². The molecule has 0 saturated carbocycles. The summed E-state index contributed by atoms with van der Waals surface area (Å²) in [6.07, 6.45) is 0.439. The van der Waals surface area contributed by atoms with Gasteiger partial charge in [-0.2, -0.15) is 4.83 Å². The molecule has 0 aliphatic heterocycles. The number of nitrogens with one attached hydrogen (secondary N) is 1. The molecule has 0 radical (unpaired) electrons. The van der Waals surface area contributed by atoms with Crippen LogP contribution in [0.2, 0.25) is 0 Å². The Kier molecular flexibility index (Phi) is 3.58. The van der Waals surface area contributed by atoms with Gasteiger partial charge in [0.15, 0.2) is 0 Å². The van der Waals surface area contributed by atoms with Gasteiger partial charge in [0.05, 0.1) is 9.82 Å². The molecule has 16 heavy (non-hydrogen) atoms. The van der Waals surface area contributed by atoms with Crippen molar-refractivity contribution >= 4 is 15.7 Å². The summed E-state index contributed by atoms with van der Waals surface area (Å²) in [7, 11) is -3.87. The molecule has 0 aliphatic carbocycles. The van der Waals surface area contributed by atoms with Crippen molar-refractivity contribution < 1.29 is 13.3 Å². The Hall–Kier alpha value is -1.51. The fourth-order valence-corrected chi connectivity index (χ4v) is 2.22. The van der Waals surface area contributed by atoms with Gasteiger partial charge in [-0.05, 0) is 12.0 Å². The number of nitrogens with two attached hydrogens (primary N) is 1. The molecule has 1 aromatic carbocycles. The van der Waals surface area contributed by atoms with E-state index in [4.69, 9.17) is 5.84 Å². The van der Waals surface area contributed by atoms with E-state index >= 15 is 0 Å². The number of aryl methyl sites for hydroxylation is 1. The third kappa shape index (κ3) is 2.35. The van der Waals surface area contributed by atoms with E-state index in [0.717, 1.165) is 6.07 Å². The quantitative estimate of drug-likeness (QED) is 0.450. The van der Waals surface area contributed by atoms with Gasteiger partial charge in [-0.1, -0.05) is 13.0 Å². The Balaban J connectivity index is 3.45. The van der Waals surface area contributed by atoms with Crippen molar-refractivity contribution in [2.75, 3.05) is 0 Å². The van der Waals surface area contributed by atoms with Crippen LogP contribution in [0.4, 0.5) is 5.69 Å². The summed E-state index contributed by atoms with van der Waals surface area (Å²) < 4.78 is 23.0. The van der Waals surface area contributed by atoms with E-state index in [0.29, 0.717) is 12.0 Å². The minimum absolute atomic E-state index is 0.160. The van der Waals surface area contributed by atoms with Gasteiger partial charge in [0, 0.05) is 12.1 Å². The molecule has 1 rings (SSSR count). The summed E-state index contributed by atoms with van der Waals surface area (Å²) in [5.41, 5.74) is 0.189. The molecule has 0 fully saturated rings. The van der Waals surface area contributed by atoms with E-state index in [1.807, 2.05) is 0 Å². The number of sulfonamides is 1. The summed E-state index contributed by atoms with van der Waals surface area (Å²) in [6.45, 7) is 1.75. The van der Waals surface area contributed by atoms with Crippen molar-refractivity contribution in [1.82, 2.24) is 4.83 Å². The zero-order chi connectivity index (χ0) is 12.3. The Labute approximate surface area is 92.4 Å². The number of benzene rings is 1. The molecule has 0 aromatic heterocycles. The van der Waals surface area contributed by atoms with Crippen LogP contribution in [0.15, 0.2) is 23.1 Å². The highest BCUT2D eigenvalue weighted by Gasteiger charge is 2.19. The topological polar surface area (TPSA) is 115 Å². The molecule has 3 N–H and O–H groups in total. The number of nitro groups is 1. The zero-order valence-electron chi connectivity index (χ0n) is 8.50. The van der Waals surface area contributed by atoms with Crippen molar-refractivity contribution in [3.63, 3.8) is 0 Å². The Bertz CT molecular complexity index is 512. The van der Waals surface area contributed by atoms with Crippen LogP contribution in [0.1, 0.15) is 12.5 Å². The van der Waals surface area contributed by atoms with Crippen LogP contribution < -0.4 is 10.7 Å². The average molecular weight is 245 g/mol. The molecule has 0 heterocycles. The highest BCUT2D eigenvalue weighted by Crippen LogP contribution is 2.22. The van der Waals surface area contributed by atoms with Gasteiger partial charge in [-0.3, -0.25) is 16.0 Å². The number of rotatable bonds is 4. The number of hydrogen-bond acceptors (Lipinski definition) is 5. The van der Waals surface area contributed by atoms with Gasteiger partial charge >= 0.3 is 0 Å². The van der Waals surface area contributed by atoms with Crippen LogP contribution in [-0.4, -0.2) is 13.3 Å². The molecule has 8 heteroatoms. The predicted octanol–water partition coefficient (Wildman–Crippen LogP) is 0.309. The Morgan fingerprint density at radius 2 is 2.12 bits per heavy atom. The summed E-state index contributed by atoms with van der Waals surface area (Å²) >= 11 is 0. The largest absolute Gasteiger partial charge is 0.270 e. The van der Waals surface area contributed by atoms with E-state index < -0.39 is 14.9 Å². The van der Waals surface area contributed by atoms with Gasteiger partial charge in [0.2, 0.25) is 0 Å². The molecule has 0 aliphatic rings. The molecule has 1 aromatic rings.